The molecular formula is C10H19N3O2S. The molecule has 1 aromatic rings. The van der Waals surface area contributed by atoms with Crippen molar-refractivity contribution in [3.8, 4) is 0 Å². The van der Waals surface area contributed by atoms with E-state index in [0.29, 0.717) is 11.6 Å². The molecule has 0 aliphatic heterocycles. The highest BCUT2D eigenvalue weighted by atomic mass is 32.2. The molecule has 0 atom stereocenters. The first kappa shape index (κ1) is 13.2. The van der Waals surface area contributed by atoms with Gasteiger partial charge < -0.3 is 0 Å². The van der Waals surface area contributed by atoms with Crippen LogP contribution in [0.25, 0.3) is 0 Å². The van der Waals surface area contributed by atoms with Crippen molar-refractivity contribution in [1.29, 1.82) is 0 Å². The van der Waals surface area contributed by atoms with Gasteiger partial charge in [0, 0.05) is 18.5 Å². The summed E-state index contributed by atoms with van der Waals surface area (Å²) in [6.45, 7) is 6.70. The first-order valence-electron chi connectivity index (χ1n) is 5.52. The van der Waals surface area contributed by atoms with Gasteiger partial charge in [-0.05, 0) is 12.3 Å². The number of aromatic nitrogens is 3. The normalized spacial score (nSPS) is 12.2. The van der Waals surface area contributed by atoms with Crippen molar-refractivity contribution < 1.29 is 8.42 Å². The molecule has 16 heavy (non-hydrogen) atoms. The van der Waals surface area contributed by atoms with Crippen molar-refractivity contribution in [3.05, 3.63) is 11.9 Å². The standard InChI is InChI=1S/C10H19N3O2S/c1-4-16(14,15)8-10-7-13(12-11-10)6-5-9(2)3/h7,9H,4-6,8H2,1-3H3. The van der Waals surface area contributed by atoms with Crippen LogP contribution < -0.4 is 0 Å². The molecule has 1 aromatic heterocycles. The van der Waals surface area contributed by atoms with E-state index in [1.54, 1.807) is 17.8 Å². The van der Waals surface area contributed by atoms with Crippen molar-refractivity contribution in [2.75, 3.05) is 5.75 Å². The Bertz CT molecular complexity index is 423. The number of hydrogen-bond acceptors (Lipinski definition) is 4. The van der Waals surface area contributed by atoms with Crippen LogP contribution in [0.5, 0.6) is 0 Å². The van der Waals surface area contributed by atoms with Gasteiger partial charge in [0.25, 0.3) is 0 Å². The summed E-state index contributed by atoms with van der Waals surface area (Å²) in [5.41, 5.74) is 0.533. The molecule has 0 fully saturated rings. The summed E-state index contributed by atoms with van der Waals surface area (Å²) in [7, 11) is -3.01. The second-order valence-corrected chi connectivity index (χ2v) is 6.69. The molecule has 0 saturated heterocycles. The molecule has 6 heteroatoms. The second-order valence-electron chi connectivity index (χ2n) is 4.33. The monoisotopic (exact) mass is 245 g/mol. The summed E-state index contributed by atoms with van der Waals surface area (Å²) in [4.78, 5) is 0. The van der Waals surface area contributed by atoms with E-state index < -0.39 is 9.84 Å². The predicted molar refractivity (Wildman–Crippen MR) is 62.6 cm³/mol. The highest BCUT2D eigenvalue weighted by molar-refractivity contribution is 7.90. The quantitative estimate of drug-likeness (QED) is 0.757. The maximum absolute atomic E-state index is 11.4. The van der Waals surface area contributed by atoms with Crippen LogP contribution in [0.15, 0.2) is 6.20 Å². The highest BCUT2D eigenvalue weighted by Crippen LogP contribution is 2.05. The Kier molecular flexibility index (Phi) is 4.46. The van der Waals surface area contributed by atoms with E-state index in [1.165, 1.54) is 0 Å². The van der Waals surface area contributed by atoms with Crippen molar-refractivity contribution in [3.63, 3.8) is 0 Å². The first-order chi connectivity index (χ1) is 7.43. The fraction of sp³-hybridized carbons (Fsp3) is 0.800. The summed E-state index contributed by atoms with van der Waals surface area (Å²) in [6, 6.07) is 0. The van der Waals surface area contributed by atoms with Gasteiger partial charge in [-0.2, -0.15) is 0 Å². The molecule has 0 amide bonds. The average Bonchev–Trinajstić information content (AvgIpc) is 2.62. The zero-order chi connectivity index (χ0) is 12.2. The van der Waals surface area contributed by atoms with Crippen LogP contribution in [0, 0.1) is 5.92 Å². The number of nitrogens with zero attached hydrogens (tertiary/aromatic N) is 3. The van der Waals surface area contributed by atoms with Gasteiger partial charge in [-0.15, -0.1) is 5.10 Å². The number of rotatable bonds is 6. The molecule has 5 nitrogen and oxygen atoms in total. The van der Waals surface area contributed by atoms with Gasteiger partial charge in [-0.1, -0.05) is 26.0 Å². The lowest BCUT2D eigenvalue weighted by atomic mass is 10.1. The lowest BCUT2D eigenvalue weighted by molar-refractivity contribution is 0.478. The van der Waals surface area contributed by atoms with Gasteiger partial charge in [0.05, 0.1) is 11.4 Å². The fourth-order valence-corrected chi connectivity index (χ4v) is 2.02. The lowest BCUT2D eigenvalue weighted by Gasteiger charge is -2.02. The second kappa shape index (κ2) is 5.43. The average molecular weight is 245 g/mol. The maximum atomic E-state index is 11.4. The van der Waals surface area contributed by atoms with Crippen LogP contribution in [0.2, 0.25) is 0 Å². The molecular weight excluding hydrogens is 226 g/mol. The van der Waals surface area contributed by atoms with Crippen LogP contribution in [0.1, 0.15) is 32.9 Å². The minimum absolute atomic E-state index is 0.00875. The minimum atomic E-state index is -3.01. The number of hydrogen-bond donors (Lipinski definition) is 0. The molecule has 0 radical (unpaired) electrons. The van der Waals surface area contributed by atoms with Crippen molar-refractivity contribution in [2.24, 2.45) is 5.92 Å². The summed E-state index contributed by atoms with van der Waals surface area (Å²) >= 11 is 0. The van der Waals surface area contributed by atoms with Crippen molar-refractivity contribution in [2.45, 2.75) is 39.5 Å². The molecule has 0 N–H and O–H groups in total. The zero-order valence-corrected chi connectivity index (χ0v) is 10.9. The Balaban J connectivity index is 2.58. The maximum Gasteiger partial charge on any atom is 0.155 e. The van der Waals surface area contributed by atoms with E-state index in [-0.39, 0.29) is 11.5 Å². The zero-order valence-electron chi connectivity index (χ0n) is 10.0. The Labute approximate surface area is 96.8 Å². The van der Waals surface area contributed by atoms with Crippen LogP contribution in [-0.4, -0.2) is 29.2 Å². The molecule has 1 rings (SSSR count). The van der Waals surface area contributed by atoms with Crippen LogP contribution in [0.3, 0.4) is 0 Å². The Morgan fingerprint density at radius 2 is 2.12 bits per heavy atom. The Hall–Kier alpha value is -0.910. The first-order valence-corrected chi connectivity index (χ1v) is 7.34. The topological polar surface area (TPSA) is 64.8 Å². The lowest BCUT2D eigenvalue weighted by Crippen LogP contribution is -2.06. The van der Waals surface area contributed by atoms with E-state index in [9.17, 15) is 8.42 Å². The van der Waals surface area contributed by atoms with Crippen LogP contribution in [-0.2, 0) is 22.1 Å². The fourth-order valence-electron chi connectivity index (χ4n) is 1.23. The van der Waals surface area contributed by atoms with Crippen LogP contribution >= 0.6 is 0 Å². The van der Waals surface area contributed by atoms with Gasteiger partial charge in [-0.3, -0.25) is 4.68 Å². The van der Waals surface area contributed by atoms with Gasteiger partial charge in [0.1, 0.15) is 0 Å². The third-order valence-corrected chi connectivity index (χ3v) is 3.94. The van der Waals surface area contributed by atoms with E-state index in [0.717, 1.165) is 13.0 Å². The van der Waals surface area contributed by atoms with E-state index in [2.05, 4.69) is 24.2 Å². The van der Waals surface area contributed by atoms with E-state index in [4.69, 9.17) is 0 Å². The highest BCUT2D eigenvalue weighted by Gasteiger charge is 2.12. The van der Waals surface area contributed by atoms with Gasteiger partial charge in [-0.25, -0.2) is 8.42 Å². The van der Waals surface area contributed by atoms with Gasteiger partial charge in [0.15, 0.2) is 9.84 Å². The SMILES string of the molecule is CCS(=O)(=O)Cc1cn(CCC(C)C)nn1. The number of aryl methyl sites for hydroxylation is 1. The molecule has 0 aromatic carbocycles. The number of sulfone groups is 1. The molecule has 0 saturated carbocycles. The summed E-state index contributed by atoms with van der Waals surface area (Å²) in [6.07, 6.45) is 2.74. The van der Waals surface area contributed by atoms with E-state index in [1.807, 2.05) is 0 Å². The van der Waals surface area contributed by atoms with Crippen molar-refractivity contribution >= 4 is 9.84 Å². The van der Waals surface area contributed by atoms with Gasteiger partial charge in [0.2, 0.25) is 0 Å². The molecule has 92 valence electrons. The molecule has 0 unspecified atom stereocenters. The molecule has 0 bridgehead atoms. The summed E-state index contributed by atoms with van der Waals surface area (Å²) in [5, 5.41) is 7.77. The third kappa shape index (κ3) is 4.30. The van der Waals surface area contributed by atoms with E-state index >= 15 is 0 Å². The smallest absolute Gasteiger partial charge is 0.155 e. The van der Waals surface area contributed by atoms with Gasteiger partial charge >= 0.3 is 0 Å². The molecule has 0 spiro atoms. The summed E-state index contributed by atoms with van der Waals surface area (Å²) in [5.74, 6) is 0.740. The molecule has 1 heterocycles. The molecule has 0 aliphatic carbocycles. The predicted octanol–water partition coefficient (Wildman–Crippen LogP) is 1.26. The Morgan fingerprint density at radius 1 is 1.44 bits per heavy atom. The third-order valence-electron chi connectivity index (χ3n) is 2.33. The van der Waals surface area contributed by atoms with Crippen LogP contribution in [0.4, 0.5) is 0 Å². The minimum Gasteiger partial charge on any atom is -0.252 e. The Morgan fingerprint density at radius 3 is 2.69 bits per heavy atom. The largest absolute Gasteiger partial charge is 0.252 e. The summed E-state index contributed by atoms with van der Waals surface area (Å²) < 4.78 is 24.4. The van der Waals surface area contributed by atoms with Crippen molar-refractivity contribution in [1.82, 2.24) is 15.0 Å². The molecule has 0 aliphatic rings.